The van der Waals surface area contributed by atoms with Crippen molar-refractivity contribution in [3.8, 4) is 0 Å². The summed E-state index contributed by atoms with van der Waals surface area (Å²) in [5.74, 6) is -2.30. The summed E-state index contributed by atoms with van der Waals surface area (Å²) in [4.78, 5) is 63.6. The molecule has 2 heterocycles. The summed E-state index contributed by atoms with van der Waals surface area (Å²) in [5.41, 5.74) is 1.52. The predicted molar refractivity (Wildman–Crippen MR) is 92.8 cm³/mol. The molecular weight excluding hydrogens is 352 g/mol. The van der Waals surface area contributed by atoms with Crippen molar-refractivity contribution >= 4 is 35.3 Å². The van der Waals surface area contributed by atoms with E-state index in [0.29, 0.717) is 30.0 Å². The van der Waals surface area contributed by atoms with Crippen LogP contribution in [0.15, 0.2) is 36.4 Å². The number of carbonyl (C=O) groups excluding carboxylic acids is 5. The number of hydroxylamine groups is 2. The number of carbonyl (C=O) groups is 5. The Hall–Kier alpha value is -3.29. The zero-order valence-electron chi connectivity index (χ0n) is 14.6. The Bertz CT molecular complexity index is 793. The van der Waals surface area contributed by atoms with Gasteiger partial charge in [0.25, 0.3) is 23.6 Å². The van der Waals surface area contributed by atoms with Crippen LogP contribution in [0.4, 0.5) is 5.69 Å². The first-order valence-electron chi connectivity index (χ1n) is 8.67. The number of aryl methyl sites for hydroxylation is 1. The van der Waals surface area contributed by atoms with Gasteiger partial charge in [-0.1, -0.05) is 12.1 Å². The zero-order valence-corrected chi connectivity index (χ0v) is 14.6. The summed E-state index contributed by atoms with van der Waals surface area (Å²) < 4.78 is 0. The summed E-state index contributed by atoms with van der Waals surface area (Å²) in [5, 5.41) is 0.552. The molecule has 3 rings (SSSR count). The van der Waals surface area contributed by atoms with E-state index in [1.54, 1.807) is 12.1 Å². The summed E-state index contributed by atoms with van der Waals surface area (Å²) in [6.07, 6.45) is 4.69. The van der Waals surface area contributed by atoms with E-state index in [4.69, 9.17) is 4.84 Å². The maximum Gasteiger partial charge on any atom is 0.333 e. The van der Waals surface area contributed by atoms with Crippen LogP contribution >= 0.6 is 0 Å². The van der Waals surface area contributed by atoms with Gasteiger partial charge in [0.15, 0.2) is 0 Å². The molecule has 0 radical (unpaired) electrons. The van der Waals surface area contributed by atoms with Crippen LogP contribution in [0.3, 0.4) is 0 Å². The Morgan fingerprint density at radius 2 is 1.48 bits per heavy atom. The summed E-state index contributed by atoms with van der Waals surface area (Å²) in [6.45, 7) is 0. The lowest BCUT2D eigenvalue weighted by Gasteiger charge is -2.14. The monoisotopic (exact) mass is 370 g/mol. The van der Waals surface area contributed by atoms with E-state index in [-0.39, 0.29) is 31.1 Å². The molecule has 1 aromatic rings. The molecule has 0 spiro atoms. The van der Waals surface area contributed by atoms with E-state index >= 15 is 0 Å². The lowest BCUT2D eigenvalue weighted by Crippen LogP contribution is -2.31. The van der Waals surface area contributed by atoms with E-state index < -0.39 is 17.8 Å². The molecule has 0 aromatic heterocycles. The minimum absolute atomic E-state index is 0.0762. The van der Waals surface area contributed by atoms with Gasteiger partial charge in [-0.2, -0.15) is 0 Å². The van der Waals surface area contributed by atoms with Gasteiger partial charge in [-0.05, 0) is 37.0 Å². The van der Waals surface area contributed by atoms with Gasteiger partial charge in [0.05, 0.1) is 5.69 Å². The quantitative estimate of drug-likeness (QED) is 0.532. The Labute approximate surface area is 155 Å². The fourth-order valence-corrected chi connectivity index (χ4v) is 2.87. The van der Waals surface area contributed by atoms with Crippen LogP contribution in [-0.2, 0) is 35.2 Å². The van der Waals surface area contributed by atoms with Crippen LogP contribution in [0.5, 0.6) is 0 Å². The fraction of sp³-hybridized carbons (Fsp3) is 0.316. The van der Waals surface area contributed by atoms with Gasteiger partial charge in [-0.15, -0.1) is 5.06 Å². The van der Waals surface area contributed by atoms with E-state index in [0.717, 1.165) is 10.5 Å². The van der Waals surface area contributed by atoms with Crippen LogP contribution in [-0.4, -0.2) is 34.7 Å². The number of imide groups is 2. The number of amides is 4. The third-order valence-electron chi connectivity index (χ3n) is 4.30. The number of hydrogen-bond donors (Lipinski definition) is 0. The van der Waals surface area contributed by atoms with Gasteiger partial charge >= 0.3 is 5.97 Å². The molecule has 4 amide bonds. The second-order valence-corrected chi connectivity index (χ2v) is 6.26. The Morgan fingerprint density at radius 1 is 0.889 bits per heavy atom. The van der Waals surface area contributed by atoms with Gasteiger partial charge in [0.1, 0.15) is 0 Å². The standard InChI is InChI=1S/C19H18N2O6/c22-15-9-10-16(23)20(15)14-7-5-13(6-8-14)3-1-2-4-19(26)27-21-17(24)11-12-18(21)25/h5-10H,1-4,11-12H2. The zero-order chi connectivity index (χ0) is 19.4. The summed E-state index contributed by atoms with van der Waals surface area (Å²) in [7, 11) is 0. The number of hydrogen-bond acceptors (Lipinski definition) is 6. The van der Waals surface area contributed by atoms with Crippen LogP contribution in [0.1, 0.15) is 37.7 Å². The first-order chi connectivity index (χ1) is 13.0. The first kappa shape index (κ1) is 18.5. The topological polar surface area (TPSA) is 101 Å². The van der Waals surface area contributed by atoms with E-state index in [1.807, 2.05) is 12.1 Å². The molecular formula is C19H18N2O6. The highest BCUT2D eigenvalue weighted by Crippen LogP contribution is 2.20. The van der Waals surface area contributed by atoms with Crippen molar-refractivity contribution in [3.63, 3.8) is 0 Å². The molecule has 2 aliphatic rings. The molecule has 1 aromatic carbocycles. The molecule has 140 valence electrons. The molecule has 0 saturated carbocycles. The number of nitrogens with zero attached hydrogens (tertiary/aromatic N) is 2. The molecule has 8 heteroatoms. The Balaban J connectivity index is 1.41. The van der Waals surface area contributed by atoms with Crippen LogP contribution in [0, 0.1) is 0 Å². The average Bonchev–Trinajstić information content (AvgIpc) is 3.15. The van der Waals surface area contributed by atoms with Crippen molar-refractivity contribution in [3.05, 3.63) is 42.0 Å². The minimum atomic E-state index is -0.604. The normalized spacial score (nSPS) is 16.6. The van der Waals surface area contributed by atoms with E-state index in [2.05, 4.69) is 0 Å². The van der Waals surface area contributed by atoms with Crippen molar-refractivity contribution in [2.75, 3.05) is 4.90 Å². The van der Waals surface area contributed by atoms with Gasteiger partial charge in [-0.25, -0.2) is 9.69 Å². The third-order valence-corrected chi connectivity index (χ3v) is 4.30. The van der Waals surface area contributed by atoms with Gasteiger partial charge in [0.2, 0.25) is 0 Å². The van der Waals surface area contributed by atoms with Crippen molar-refractivity contribution in [2.24, 2.45) is 0 Å². The molecule has 0 atom stereocenters. The largest absolute Gasteiger partial charge is 0.333 e. The smallest absolute Gasteiger partial charge is 0.330 e. The van der Waals surface area contributed by atoms with Crippen molar-refractivity contribution in [2.45, 2.75) is 38.5 Å². The maximum absolute atomic E-state index is 11.7. The third kappa shape index (κ3) is 4.28. The maximum atomic E-state index is 11.7. The van der Waals surface area contributed by atoms with Crippen molar-refractivity contribution in [1.82, 2.24) is 5.06 Å². The van der Waals surface area contributed by atoms with Crippen LogP contribution in [0.25, 0.3) is 0 Å². The molecule has 1 saturated heterocycles. The number of unbranched alkanes of at least 4 members (excludes halogenated alkanes) is 1. The predicted octanol–water partition coefficient (Wildman–Crippen LogP) is 1.44. The minimum Gasteiger partial charge on any atom is -0.330 e. The summed E-state index contributed by atoms with van der Waals surface area (Å²) >= 11 is 0. The van der Waals surface area contributed by atoms with Gasteiger partial charge < -0.3 is 4.84 Å². The van der Waals surface area contributed by atoms with Crippen molar-refractivity contribution < 1.29 is 28.8 Å². The number of anilines is 1. The number of benzene rings is 1. The molecule has 27 heavy (non-hydrogen) atoms. The molecule has 0 aliphatic carbocycles. The van der Waals surface area contributed by atoms with Crippen LogP contribution in [0.2, 0.25) is 0 Å². The highest BCUT2D eigenvalue weighted by molar-refractivity contribution is 6.28. The second-order valence-electron chi connectivity index (χ2n) is 6.26. The van der Waals surface area contributed by atoms with Crippen molar-refractivity contribution in [1.29, 1.82) is 0 Å². The molecule has 1 fully saturated rings. The summed E-state index contributed by atoms with van der Waals surface area (Å²) in [6, 6.07) is 7.07. The molecule has 0 bridgehead atoms. The number of rotatable bonds is 7. The molecule has 8 nitrogen and oxygen atoms in total. The van der Waals surface area contributed by atoms with Gasteiger partial charge in [0, 0.05) is 31.4 Å². The highest BCUT2D eigenvalue weighted by Gasteiger charge is 2.32. The van der Waals surface area contributed by atoms with E-state index in [9.17, 15) is 24.0 Å². The first-order valence-corrected chi connectivity index (χ1v) is 8.67. The fourth-order valence-electron chi connectivity index (χ4n) is 2.87. The SMILES string of the molecule is O=C(CCCCc1ccc(N2C(=O)C=CC2=O)cc1)ON1C(=O)CCC1=O. The Kier molecular flexibility index (Phi) is 5.44. The second kappa shape index (κ2) is 7.94. The highest BCUT2D eigenvalue weighted by atomic mass is 16.7. The lowest BCUT2D eigenvalue weighted by molar-refractivity contribution is -0.197. The molecule has 0 unspecified atom stereocenters. The Morgan fingerprint density at radius 3 is 2.07 bits per heavy atom. The van der Waals surface area contributed by atoms with Gasteiger partial charge in [-0.3, -0.25) is 19.2 Å². The molecule has 2 aliphatic heterocycles. The van der Waals surface area contributed by atoms with E-state index in [1.165, 1.54) is 12.2 Å². The molecule has 0 N–H and O–H groups in total. The average molecular weight is 370 g/mol. The van der Waals surface area contributed by atoms with Crippen LogP contribution < -0.4 is 4.90 Å². The lowest BCUT2D eigenvalue weighted by atomic mass is 10.1.